The number of carbonyl (C=O) groups is 3. The van der Waals surface area contributed by atoms with Crippen molar-refractivity contribution in [2.24, 2.45) is 0 Å². The summed E-state index contributed by atoms with van der Waals surface area (Å²) in [4.78, 5) is 41.0. The minimum Gasteiger partial charge on any atom is -0.458 e. The van der Waals surface area contributed by atoms with Gasteiger partial charge in [-0.2, -0.15) is 0 Å². The van der Waals surface area contributed by atoms with Crippen LogP contribution in [0, 0.1) is 0 Å². The largest absolute Gasteiger partial charge is 0.458 e. The van der Waals surface area contributed by atoms with E-state index in [0.717, 1.165) is 11.1 Å². The first-order valence-corrected chi connectivity index (χ1v) is 12.0. The van der Waals surface area contributed by atoms with Crippen molar-refractivity contribution in [2.75, 3.05) is 39.9 Å². The number of nitrogens with zero attached hydrogens (tertiary/aromatic N) is 2. The Bertz CT molecular complexity index is 931. The van der Waals surface area contributed by atoms with Gasteiger partial charge in [-0.1, -0.05) is 60.7 Å². The van der Waals surface area contributed by atoms with Gasteiger partial charge >= 0.3 is 12.1 Å². The number of unbranched alkanes of at least 4 members (excludes halogenated alkanes) is 1. The Labute approximate surface area is 206 Å². The van der Waals surface area contributed by atoms with Crippen LogP contribution in [-0.4, -0.2) is 73.8 Å². The monoisotopic (exact) mass is 482 g/mol. The van der Waals surface area contributed by atoms with E-state index < -0.39 is 18.2 Å². The Kier molecular flexibility index (Phi) is 10.6. The summed E-state index contributed by atoms with van der Waals surface area (Å²) in [5, 5.41) is 0. The molecule has 0 saturated carbocycles. The van der Waals surface area contributed by atoms with Gasteiger partial charge in [-0.3, -0.25) is 4.79 Å². The van der Waals surface area contributed by atoms with Gasteiger partial charge in [0.15, 0.2) is 0 Å². The Morgan fingerprint density at radius 1 is 0.943 bits per heavy atom. The molecule has 188 valence electrons. The van der Waals surface area contributed by atoms with E-state index in [1.807, 2.05) is 65.6 Å². The number of hydrogen-bond donors (Lipinski definition) is 0. The first kappa shape index (κ1) is 26.2. The normalized spacial score (nSPS) is 14.1. The molecule has 0 radical (unpaired) electrons. The van der Waals surface area contributed by atoms with Gasteiger partial charge in [-0.25, -0.2) is 9.59 Å². The molecule has 1 aliphatic heterocycles. The van der Waals surface area contributed by atoms with E-state index in [4.69, 9.17) is 14.2 Å². The fraction of sp³-hybridized carbons (Fsp3) is 0.444. The maximum Gasteiger partial charge on any atom is 0.410 e. The Morgan fingerprint density at radius 2 is 1.57 bits per heavy atom. The Morgan fingerprint density at radius 3 is 2.23 bits per heavy atom. The molecule has 1 saturated heterocycles. The minimum absolute atomic E-state index is 0.107. The van der Waals surface area contributed by atoms with Crippen molar-refractivity contribution in [3.8, 4) is 0 Å². The lowest BCUT2D eigenvalue weighted by atomic mass is 10.1. The standard InChI is InChI=1S/C27H34N2O6/c1-28(15-9-8-14-25(30)29-16-18-33-19-17-29)27(32)35-24(20-22-10-4-2-5-11-22)26(31)34-21-23-12-6-3-7-13-23/h2-7,10-13,24H,8-9,14-21H2,1H3/t24-/m0/s1. The number of benzene rings is 2. The number of esters is 1. The van der Waals surface area contributed by atoms with E-state index in [1.165, 1.54) is 4.90 Å². The molecule has 2 aromatic carbocycles. The topological polar surface area (TPSA) is 85.4 Å². The zero-order chi connectivity index (χ0) is 24.9. The summed E-state index contributed by atoms with van der Waals surface area (Å²) in [6, 6.07) is 18.7. The number of morpholine rings is 1. The lowest BCUT2D eigenvalue weighted by Crippen LogP contribution is -2.40. The van der Waals surface area contributed by atoms with Crippen LogP contribution in [0.25, 0.3) is 0 Å². The third-order valence-corrected chi connectivity index (χ3v) is 5.80. The van der Waals surface area contributed by atoms with Gasteiger partial charge < -0.3 is 24.0 Å². The summed E-state index contributed by atoms with van der Waals surface area (Å²) < 4.78 is 16.3. The minimum atomic E-state index is -1.06. The molecule has 0 spiro atoms. The number of ether oxygens (including phenoxy) is 3. The van der Waals surface area contributed by atoms with Crippen molar-refractivity contribution in [3.63, 3.8) is 0 Å². The maximum absolute atomic E-state index is 12.8. The molecule has 3 rings (SSSR count). The molecule has 0 aliphatic carbocycles. The van der Waals surface area contributed by atoms with E-state index in [-0.39, 0.29) is 18.9 Å². The van der Waals surface area contributed by atoms with Crippen LogP contribution >= 0.6 is 0 Å². The van der Waals surface area contributed by atoms with Crippen LogP contribution in [0.3, 0.4) is 0 Å². The van der Waals surface area contributed by atoms with Gasteiger partial charge in [-0.15, -0.1) is 0 Å². The fourth-order valence-corrected chi connectivity index (χ4v) is 3.72. The van der Waals surface area contributed by atoms with Crippen LogP contribution in [0.4, 0.5) is 4.79 Å². The Hall–Kier alpha value is -3.39. The lowest BCUT2D eigenvalue weighted by Gasteiger charge is -2.27. The SMILES string of the molecule is CN(CCCCC(=O)N1CCOCC1)C(=O)O[C@@H](Cc1ccccc1)C(=O)OCc1ccccc1. The van der Waals surface area contributed by atoms with Crippen LogP contribution in [0.15, 0.2) is 60.7 Å². The van der Waals surface area contributed by atoms with Crippen LogP contribution in [0.1, 0.15) is 30.4 Å². The van der Waals surface area contributed by atoms with Crippen molar-refractivity contribution in [1.82, 2.24) is 9.80 Å². The molecule has 0 bridgehead atoms. The van der Waals surface area contributed by atoms with Gasteiger partial charge in [0.2, 0.25) is 12.0 Å². The van der Waals surface area contributed by atoms with Gasteiger partial charge in [0.25, 0.3) is 0 Å². The number of amides is 2. The first-order valence-electron chi connectivity index (χ1n) is 12.0. The zero-order valence-corrected chi connectivity index (χ0v) is 20.3. The summed E-state index contributed by atoms with van der Waals surface area (Å²) in [7, 11) is 1.63. The molecule has 1 atom stereocenters. The summed E-state index contributed by atoms with van der Waals surface area (Å²) in [6.07, 6.45) is 0.332. The molecule has 35 heavy (non-hydrogen) atoms. The van der Waals surface area contributed by atoms with Crippen molar-refractivity contribution in [1.29, 1.82) is 0 Å². The highest BCUT2D eigenvalue weighted by Gasteiger charge is 2.27. The average Bonchev–Trinajstić information content (AvgIpc) is 2.90. The second-order valence-electron chi connectivity index (χ2n) is 8.53. The molecule has 8 nitrogen and oxygen atoms in total. The first-order chi connectivity index (χ1) is 17.0. The average molecular weight is 483 g/mol. The van der Waals surface area contributed by atoms with Crippen LogP contribution in [0.2, 0.25) is 0 Å². The predicted molar refractivity (Wildman–Crippen MR) is 131 cm³/mol. The molecule has 1 aliphatic rings. The van der Waals surface area contributed by atoms with Gasteiger partial charge in [0.1, 0.15) is 6.61 Å². The van der Waals surface area contributed by atoms with Gasteiger partial charge in [0, 0.05) is 39.5 Å². The fourth-order valence-electron chi connectivity index (χ4n) is 3.72. The van der Waals surface area contributed by atoms with Crippen molar-refractivity contribution < 1.29 is 28.6 Å². The van der Waals surface area contributed by atoms with E-state index in [1.54, 1.807) is 7.05 Å². The maximum atomic E-state index is 12.8. The summed E-state index contributed by atoms with van der Waals surface area (Å²) in [6.45, 7) is 2.96. The molecular weight excluding hydrogens is 448 g/mol. The van der Waals surface area contributed by atoms with Crippen LogP contribution in [0.5, 0.6) is 0 Å². The number of rotatable bonds is 11. The van der Waals surface area contributed by atoms with E-state index >= 15 is 0 Å². The highest BCUT2D eigenvalue weighted by atomic mass is 16.6. The number of carbonyl (C=O) groups excluding carboxylic acids is 3. The van der Waals surface area contributed by atoms with Crippen LogP contribution in [-0.2, 0) is 36.8 Å². The van der Waals surface area contributed by atoms with E-state index in [9.17, 15) is 14.4 Å². The molecule has 0 unspecified atom stereocenters. The molecule has 2 amide bonds. The molecule has 0 N–H and O–H groups in total. The van der Waals surface area contributed by atoms with Gasteiger partial charge in [0.05, 0.1) is 13.2 Å². The molecule has 8 heteroatoms. The van der Waals surface area contributed by atoms with Crippen LogP contribution < -0.4 is 0 Å². The lowest BCUT2D eigenvalue weighted by molar-refractivity contribution is -0.155. The third kappa shape index (κ3) is 9.05. The highest BCUT2D eigenvalue weighted by molar-refractivity contribution is 5.79. The summed E-state index contributed by atoms with van der Waals surface area (Å²) in [5.41, 5.74) is 1.72. The molecule has 1 fully saturated rings. The molecule has 1 heterocycles. The molecule has 0 aromatic heterocycles. The van der Waals surface area contributed by atoms with Crippen molar-refractivity contribution in [3.05, 3.63) is 71.8 Å². The second kappa shape index (κ2) is 14.1. The van der Waals surface area contributed by atoms with Crippen molar-refractivity contribution in [2.45, 2.75) is 38.4 Å². The quantitative estimate of drug-likeness (QED) is 0.360. The molecular formula is C27H34N2O6. The van der Waals surface area contributed by atoms with E-state index in [2.05, 4.69) is 0 Å². The van der Waals surface area contributed by atoms with Gasteiger partial charge in [-0.05, 0) is 24.0 Å². The smallest absolute Gasteiger partial charge is 0.410 e. The summed E-state index contributed by atoms with van der Waals surface area (Å²) in [5.74, 6) is -0.474. The second-order valence-corrected chi connectivity index (χ2v) is 8.53. The number of hydrogen-bond acceptors (Lipinski definition) is 6. The predicted octanol–water partition coefficient (Wildman–Crippen LogP) is 3.44. The zero-order valence-electron chi connectivity index (χ0n) is 20.3. The molecule has 2 aromatic rings. The van der Waals surface area contributed by atoms with E-state index in [0.29, 0.717) is 52.1 Å². The highest BCUT2D eigenvalue weighted by Crippen LogP contribution is 2.12. The third-order valence-electron chi connectivity index (χ3n) is 5.80. The Balaban J connectivity index is 1.47. The van der Waals surface area contributed by atoms with Crippen molar-refractivity contribution >= 4 is 18.0 Å². The summed E-state index contributed by atoms with van der Waals surface area (Å²) >= 11 is 0.